The van der Waals surface area contributed by atoms with E-state index in [0.717, 1.165) is 51.4 Å². The molecule has 2 rings (SSSR count). The maximum Gasteiger partial charge on any atom is 0.373 e. The summed E-state index contributed by atoms with van der Waals surface area (Å²) in [7, 11) is 0. The Morgan fingerprint density at radius 2 is 1.20 bits per heavy atom. The van der Waals surface area contributed by atoms with Crippen LogP contribution >= 0.6 is 0 Å². The first-order chi connectivity index (χ1) is 21.4. The minimum absolute atomic E-state index is 0.0158. The molecule has 0 aromatic rings. The van der Waals surface area contributed by atoms with Gasteiger partial charge in [0.25, 0.3) is 0 Å². The lowest BCUT2D eigenvalue weighted by Gasteiger charge is -2.46. The molecule has 45 heavy (non-hydrogen) atoms. The van der Waals surface area contributed by atoms with Crippen molar-refractivity contribution in [3.05, 3.63) is 0 Å². The van der Waals surface area contributed by atoms with Crippen LogP contribution in [0.5, 0.6) is 0 Å². The van der Waals surface area contributed by atoms with E-state index in [4.69, 9.17) is 33.3 Å². The van der Waals surface area contributed by atoms with Crippen molar-refractivity contribution < 1.29 is 63.6 Å². The highest BCUT2D eigenvalue weighted by atomic mass is 16.8. The average Bonchev–Trinajstić information content (AvgIpc) is 2.99. The van der Waals surface area contributed by atoms with Crippen LogP contribution < -0.4 is 0 Å². The van der Waals surface area contributed by atoms with Gasteiger partial charge in [-0.3, -0.25) is 4.79 Å². The van der Waals surface area contributed by atoms with Crippen LogP contribution in [0.25, 0.3) is 0 Å². The Bertz CT molecular complexity index is 823. The van der Waals surface area contributed by atoms with Gasteiger partial charge in [0.2, 0.25) is 0 Å². The summed E-state index contributed by atoms with van der Waals surface area (Å²) in [5.41, 5.74) is 0. The van der Waals surface area contributed by atoms with Crippen molar-refractivity contribution in [1.29, 1.82) is 0 Å². The summed E-state index contributed by atoms with van der Waals surface area (Å²) < 4.78 is 29.3. The zero-order valence-electron chi connectivity index (χ0n) is 27.6. The van der Waals surface area contributed by atoms with Crippen LogP contribution in [0.2, 0.25) is 0 Å². The summed E-state index contributed by atoms with van der Waals surface area (Å²) in [4.78, 5) is 29.2. The number of aliphatic hydroxyl groups is 5. The molecule has 12 unspecified atom stereocenters. The molecule has 13 heteroatoms. The first kappa shape index (κ1) is 41.5. The Kier molecular flexibility index (Phi) is 21.1. The number of aliphatic hydroxyl groups excluding tert-OH is 5. The molecular formula is C32H58O13. The number of rotatable bonds is 19. The molecule has 2 aliphatic heterocycles. The highest BCUT2D eigenvalue weighted by Gasteiger charge is 2.50. The second kappa shape index (κ2) is 22.9. The smallest absolute Gasteiger partial charge is 0.373 e. The van der Waals surface area contributed by atoms with Gasteiger partial charge in [0.1, 0.15) is 36.6 Å². The number of hydrogen-bond donors (Lipinski definition) is 5. The quantitative estimate of drug-likeness (QED) is 0.101. The molecular weight excluding hydrogens is 592 g/mol. The maximum atomic E-state index is 12.9. The lowest BCUT2D eigenvalue weighted by atomic mass is 9.97. The molecule has 5 N–H and O–H groups in total. The number of carbonyl (C=O) groups excluding carboxylic acids is 3. The van der Waals surface area contributed by atoms with Gasteiger partial charge in [-0.05, 0) is 40.0 Å². The molecule has 0 amide bonds. The van der Waals surface area contributed by atoms with Crippen molar-refractivity contribution in [3.8, 4) is 0 Å². The first-order valence-electron chi connectivity index (χ1n) is 16.6. The summed E-state index contributed by atoms with van der Waals surface area (Å²) in [5.74, 6) is -0.381. The number of unbranched alkanes of at least 4 members (excludes halogenated alkanes) is 8. The lowest BCUT2D eigenvalue weighted by molar-refractivity contribution is -0.366. The Balaban J connectivity index is 0.00000324. The van der Waals surface area contributed by atoms with Crippen molar-refractivity contribution >= 4 is 12.1 Å². The molecule has 0 spiro atoms. The number of esters is 1. The van der Waals surface area contributed by atoms with E-state index in [0.29, 0.717) is 6.42 Å². The Hall–Kier alpha value is -1.51. The molecule has 0 aromatic heterocycles. The normalized spacial score (nSPS) is 32.9. The largest absolute Gasteiger partial charge is 0.463 e. The number of hydrogen-bond acceptors (Lipinski definition) is 13. The molecule has 2 aliphatic rings. The van der Waals surface area contributed by atoms with Crippen molar-refractivity contribution in [2.24, 2.45) is 0 Å². The molecule has 2 saturated heterocycles. The molecule has 0 aliphatic carbocycles. The van der Waals surface area contributed by atoms with E-state index in [9.17, 15) is 30.3 Å². The Labute approximate surface area is 267 Å². The molecule has 13 nitrogen and oxygen atoms in total. The third-order valence-electron chi connectivity index (χ3n) is 8.28. The Morgan fingerprint density at radius 3 is 1.76 bits per heavy atom. The summed E-state index contributed by atoms with van der Waals surface area (Å²) in [6.45, 7) is 9.31. The van der Waals surface area contributed by atoms with Crippen molar-refractivity contribution in [1.82, 2.24) is 0 Å². The van der Waals surface area contributed by atoms with Crippen LogP contribution in [-0.4, -0.2) is 111 Å². The van der Waals surface area contributed by atoms with Gasteiger partial charge in [-0.25, -0.2) is 0 Å². The molecule has 264 valence electrons. The first-order valence-corrected chi connectivity index (χ1v) is 16.6. The van der Waals surface area contributed by atoms with Gasteiger partial charge < -0.3 is 49.2 Å². The van der Waals surface area contributed by atoms with E-state index in [1.54, 1.807) is 6.92 Å². The molecule has 0 radical (unpaired) electrons. The van der Waals surface area contributed by atoms with Gasteiger partial charge >= 0.3 is 12.1 Å². The maximum absolute atomic E-state index is 12.9. The third kappa shape index (κ3) is 14.9. The molecule has 0 bridgehead atoms. The van der Waals surface area contributed by atoms with Gasteiger partial charge in [-0.1, -0.05) is 71.6 Å². The van der Waals surface area contributed by atoms with E-state index in [1.807, 2.05) is 6.92 Å². The van der Waals surface area contributed by atoms with Gasteiger partial charge in [-0.2, -0.15) is 9.59 Å². The zero-order chi connectivity index (χ0) is 33.9. The summed E-state index contributed by atoms with van der Waals surface area (Å²) in [5, 5.41) is 52.2. The van der Waals surface area contributed by atoms with Crippen molar-refractivity contribution in [2.75, 3.05) is 0 Å². The summed E-state index contributed by atoms with van der Waals surface area (Å²) in [6.07, 6.45) is -1.39. The van der Waals surface area contributed by atoms with Gasteiger partial charge in [-0.15, -0.1) is 0 Å². The van der Waals surface area contributed by atoms with Crippen LogP contribution in [0.4, 0.5) is 0 Å². The van der Waals surface area contributed by atoms with E-state index in [-0.39, 0.29) is 24.6 Å². The predicted molar refractivity (Wildman–Crippen MR) is 160 cm³/mol. The fraction of sp³-hybridized carbons (Fsp3) is 0.938. The van der Waals surface area contributed by atoms with E-state index >= 15 is 0 Å². The minimum atomic E-state index is -1.62. The monoisotopic (exact) mass is 650 g/mol. The van der Waals surface area contributed by atoms with E-state index < -0.39 is 67.5 Å². The second-order valence-electron chi connectivity index (χ2n) is 12.2. The van der Waals surface area contributed by atoms with Gasteiger partial charge in [0, 0.05) is 0 Å². The minimum Gasteiger partial charge on any atom is -0.463 e. The topological polar surface area (TPSA) is 199 Å². The molecule has 2 fully saturated rings. The predicted octanol–water partition coefficient (Wildman–Crippen LogP) is 2.51. The van der Waals surface area contributed by atoms with Crippen LogP contribution in [0.15, 0.2) is 0 Å². The SMILES string of the molecule is CCCCCCCC(C)OC(=O)CC(CCCCCCC)OC1OC(C)C(O)C(O)C1OC1OC(C)C(O)C(O)C1O.O=C=O. The number of carbonyl (C=O) groups is 1. The van der Waals surface area contributed by atoms with Crippen molar-refractivity contribution in [3.63, 3.8) is 0 Å². The van der Waals surface area contributed by atoms with Gasteiger partial charge in [0.05, 0.1) is 30.8 Å². The average molecular weight is 651 g/mol. The van der Waals surface area contributed by atoms with Crippen LogP contribution in [0, 0.1) is 0 Å². The molecule has 0 saturated carbocycles. The van der Waals surface area contributed by atoms with E-state index in [1.165, 1.54) is 26.2 Å². The standard InChI is InChI=1S/C31H58O11.CO2/c1-6-8-10-12-14-16-19(3)38-23(32)18-22(17-15-13-11-9-7-2)41-31-29(27(36)25(34)21(5)40-31)42-30-28(37)26(35)24(33)20(4)39-30;2-1-3/h19-22,24-31,33-37H,6-18H2,1-5H3;. The lowest BCUT2D eigenvalue weighted by Crippen LogP contribution is -2.63. The fourth-order valence-electron chi connectivity index (χ4n) is 5.47. The fourth-order valence-corrected chi connectivity index (χ4v) is 5.47. The van der Waals surface area contributed by atoms with E-state index in [2.05, 4.69) is 13.8 Å². The highest BCUT2D eigenvalue weighted by molar-refractivity contribution is 5.70. The number of ether oxygens (including phenoxy) is 5. The molecule has 0 aromatic carbocycles. The Morgan fingerprint density at radius 1 is 0.711 bits per heavy atom. The highest BCUT2D eigenvalue weighted by Crippen LogP contribution is 2.31. The molecule has 12 atom stereocenters. The van der Waals surface area contributed by atoms with Crippen LogP contribution in [-0.2, 0) is 38.1 Å². The molecule has 2 heterocycles. The van der Waals surface area contributed by atoms with Crippen LogP contribution in [0.1, 0.15) is 118 Å². The van der Waals surface area contributed by atoms with Gasteiger partial charge in [0.15, 0.2) is 12.6 Å². The van der Waals surface area contributed by atoms with Crippen LogP contribution in [0.3, 0.4) is 0 Å². The summed E-state index contributed by atoms with van der Waals surface area (Å²) >= 11 is 0. The third-order valence-corrected chi connectivity index (χ3v) is 8.28. The summed E-state index contributed by atoms with van der Waals surface area (Å²) in [6, 6.07) is 0. The second-order valence-corrected chi connectivity index (χ2v) is 12.2. The van der Waals surface area contributed by atoms with Crippen molar-refractivity contribution in [2.45, 2.75) is 192 Å². The zero-order valence-corrected chi connectivity index (χ0v) is 27.6.